The van der Waals surface area contributed by atoms with Gasteiger partial charge in [-0.25, -0.2) is 0 Å². The highest BCUT2D eigenvalue weighted by molar-refractivity contribution is 6.66. The first-order valence-electron chi connectivity index (χ1n) is 7.92. The maximum Gasteiger partial charge on any atom is 0.529 e. The molecule has 0 aliphatic heterocycles. The van der Waals surface area contributed by atoms with E-state index < -0.39 is 14.9 Å². The van der Waals surface area contributed by atoms with Crippen molar-refractivity contribution < 1.29 is 18.4 Å². The van der Waals surface area contributed by atoms with Gasteiger partial charge in [0.05, 0.1) is 6.10 Å². The van der Waals surface area contributed by atoms with Gasteiger partial charge in [-0.1, -0.05) is 43.3 Å². The smallest absolute Gasteiger partial charge is 0.388 e. The monoisotopic (exact) mass is 324 g/mol. The summed E-state index contributed by atoms with van der Waals surface area (Å²) < 4.78 is 17.3. The molecule has 5 heteroatoms. The molecule has 0 aliphatic carbocycles. The molecule has 0 spiro atoms. The molecule has 1 aromatic rings. The molecule has 0 unspecified atom stereocenters. The summed E-state index contributed by atoms with van der Waals surface area (Å²) in [7, 11) is -2.80. The fraction of sp³-hybridized carbons (Fsp3) is 0.529. The van der Waals surface area contributed by atoms with Crippen molar-refractivity contribution >= 4 is 8.80 Å². The van der Waals surface area contributed by atoms with Gasteiger partial charge in [0.1, 0.15) is 0 Å². The van der Waals surface area contributed by atoms with Crippen LogP contribution in [0.15, 0.2) is 42.1 Å². The fourth-order valence-corrected chi connectivity index (χ4v) is 4.49. The molecule has 0 radical (unpaired) electrons. The maximum absolute atomic E-state index is 10.4. The zero-order valence-electron chi connectivity index (χ0n) is 14.0. The van der Waals surface area contributed by atoms with Crippen molar-refractivity contribution in [2.75, 3.05) is 19.8 Å². The topological polar surface area (TPSA) is 47.9 Å². The third kappa shape index (κ3) is 5.66. The average Bonchev–Trinajstić information content (AvgIpc) is 2.53. The summed E-state index contributed by atoms with van der Waals surface area (Å²) >= 11 is 0. The highest BCUT2D eigenvalue weighted by atomic mass is 28.4. The molecule has 0 aromatic heterocycles. The van der Waals surface area contributed by atoms with Gasteiger partial charge in [-0.2, -0.15) is 0 Å². The van der Waals surface area contributed by atoms with Gasteiger partial charge >= 0.3 is 8.80 Å². The van der Waals surface area contributed by atoms with Crippen LogP contribution in [0.25, 0.3) is 0 Å². The first-order chi connectivity index (χ1) is 10.6. The Kier molecular flexibility index (Phi) is 8.59. The summed E-state index contributed by atoms with van der Waals surface area (Å²) in [6.45, 7) is 9.35. The van der Waals surface area contributed by atoms with Gasteiger partial charge in [0.2, 0.25) is 0 Å². The third-order valence-electron chi connectivity index (χ3n) is 3.28. The zero-order chi connectivity index (χ0) is 16.4. The molecule has 22 heavy (non-hydrogen) atoms. The minimum Gasteiger partial charge on any atom is -0.388 e. The van der Waals surface area contributed by atoms with Crippen LogP contribution >= 0.6 is 0 Å². The zero-order valence-corrected chi connectivity index (χ0v) is 15.0. The molecule has 1 N–H and O–H groups in total. The third-order valence-corrected chi connectivity index (χ3v) is 5.95. The number of aliphatic hydroxyl groups excluding tert-OH is 1. The molecule has 0 aliphatic rings. The second-order valence-corrected chi connectivity index (χ2v) is 7.38. The van der Waals surface area contributed by atoms with Gasteiger partial charge in [-0.15, -0.1) is 0 Å². The Balaban J connectivity index is 2.84. The van der Waals surface area contributed by atoms with E-state index in [9.17, 15) is 5.11 Å². The molecular weight excluding hydrogens is 296 g/mol. The second kappa shape index (κ2) is 9.92. The molecule has 0 bridgehead atoms. The summed E-state index contributed by atoms with van der Waals surface area (Å²) in [4.78, 5) is 0. The van der Waals surface area contributed by atoms with E-state index in [1.165, 1.54) is 0 Å². The molecule has 2 atom stereocenters. The first kappa shape index (κ1) is 19.1. The van der Waals surface area contributed by atoms with Crippen LogP contribution in [0.1, 0.15) is 39.4 Å². The van der Waals surface area contributed by atoms with E-state index in [1.807, 2.05) is 69.8 Å². The molecule has 1 rings (SSSR count). The Labute approximate surface area is 135 Å². The number of benzene rings is 1. The molecule has 0 saturated heterocycles. The quantitative estimate of drug-likeness (QED) is 0.669. The van der Waals surface area contributed by atoms with Crippen molar-refractivity contribution in [1.29, 1.82) is 0 Å². The molecule has 0 heterocycles. The summed E-state index contributed by atoms with van der Waals surface area (Å²) in [6.07, 6.45) is 1.37. The molecule has 4 nitrogen and oxygen atoms in total. The predicted molar refractivity (Wildman–Crippen MR) is 90.3 cm³/mol. The lowest BCUT2D eigenvalue weighted by atomic mass is 9.98. The summed E-state index contributed by atoms with van der Waals surface area (Å²) in [5.74, 6) is -0.0596. The summed E-state index contributed by atoms with van der Waals surface area (Å²) in [6, 6.07) is 9.64. The number of hydrogen-bond acceptors (Lipinski definition) is 4. The van der Waals surface area contributed by atoms with Crippen LogP contribution < -0.4 is 0 Å². The summed E-state index contributed by atoms with van der Waals surface area (Å²) in [5.41, 5.74) is 2.79. The van der Waals surface area contributed by atoms with Crippen LogP contribution in [0, 0.1) is 5.92 Å². The Hall–Kier alpha value is -0.983. The predicted octanol–water partition coefficient (Wildman–Crippen LogP) is 3.50. The molecular formula is C17H28O4Si. The van der Waals surface area contributed by atoms with E-state index in [0.717, 1.165) is 5.56 Å². The van der Waals surface area contributed by atoms with Crippen molar-refractivity contribution in [2.24, 2.45) is 5.92 Å². The van der Waals surface area contributed by atoms with Crippen LogP contribution in [0.3, 0.4) is 0 Å². The van der Waals surface area contributed by atoms with E-state index in [1.54, 1.807) is 0 Å². The standard InChI is InChI=1S/C17H28O4Si/c1-5-19-22(20-6-2,21-7-3)14-13-15(4)17(18)16-11-9-8-10-12-16/h8-15,17-18H,5-7H2,1-4H3/b14-13+/t15-,17+/m0/s1. The lowest BCUT2D eigenvalue weighted by Gasteiger charge is -2.26. The highest BCUT2D eigenvalue weighted by Gasteiger charge is 2.37. The molecule has 0 saturated carbocycles. The van der Waals surface area contributed by atoms with Crippen LogP contribution in [0.2, 0.25) is 0 Å². The molecule has 0 fully saturated rings. The SMILES string of the molecule is CCO[Si](/C=C/[C@H](C)[C@@H](O)c1ccccc1)(OCC)OCC. The van der Waals surface area contributed by atoms with E-state index in [2.05, 4.69) is 0 Å². The van der Waals surface area contributed by atoms with E-state index in [0.29, 0.717) is 19.8 Å². The largest absolute Gasteiger partial charge is 0.529 e. The normalized spacial score (nSPS) is 15.1. The Morgan fingerprint density at radius 3 is 1.95 bits per heavy atom. The second-order valence-electron chi connectivity index (χ2n) is 4.98. The molecule has 1 aromatic carbocycles. The molecule has 0 amide bonds. The van der Waals surface area contributed by atoms with Gasteiger partial charge in [0.15, 0.2) is 0 Å². The Morgan fingerprint density at radius 2 is 1.50 bits per heavy atom. The summed E-state index contributed by atoms with van der Waals surface area (Å²) in [5, 5.41) is 10.4. The minimum absolute atomic E-state index is 0.0596. The van der Waals surface area contributed by atoms with Gasteiger partial charge in [-0.3, -0.25) is 0 Å². The Morgan fingerprint density at radius 1 is 1.00 bits per heavy atom. The highest BCUT2D eigenvalue weighted by Crippen LogP contribution is 2.24. The van der Waals surface area contributed by atoms with Crippen molar-refractivity contribution in [2.45, 2.75) is 33.8 Å². The lowest BCUT2D eigenvalue weighted by molar-refractivity contribution is 0.0837. The van der Waals surface area contributed by atoms with Gasteiger partial charge in [-0.05, 0) is 32.0 Å². The first-order valence-corrected chi connectivity index (χ1v) is 9.73. The van der Waals surface area contributed by atoms with Crippen LogP contribution in [0.5, 0.6) is 0 Å². The number of aliphatic hydroxyl groups is 1. The van der Waals surface area contributed by atoms with Crippen molar-refractivity contribution in [3.8, 4) is 0 Å². The van der Waals surface area contributed by atoms with Crippen LogP contribution in [-0.4, -0.2) is 33.7 Å². The number of rotatable bonds is 10. The lowest BCUT2D eigenvalue weighted by Crippen LogP contribution is -2.44. The fourth-order valence-electron chi connectivity index (χ4n) is 2.20. The van der Waals surface area contributed by atoms with Crippen molar-refractivity contribution in [3.63, 3.8) is 0 Å². The molecule has 124 valence electrons. The van der Waals surface area contributed by atoms with Gasteiger partial charge in [0.25, 0.3) is 0 Å². The van der Waals surface area contributed by atoms with E-state index in [4.69, 9.17) is 13.3 Å². The van der Waals surface area contributed by atoms with Crippen LogP contribution in [-0.2, 0) is 13.3 Å². The minimum atomic E-state index is -2.80. The van der Waals surface area contributed by atoms with Crippen molar-refractivity contribution in [3.05, 3.63) is 47.7 Å². The van der Waals surface area contributed by atoms with Gasteiger partial charge in [0, 0.05) is 25.7 Å². The van der Waals surface area contributed by atoms with Crippen LogP contribution in [0.4, 0.5) is 0 Å². The van der Waals surface area contributed by atoms with Gasteiger partial charge < -0.3 is 18.4 Å². The Bertz CT molecular complexity index is 419. The van der Waals surface area contributed by atoms with E-state index >= 15 is 0 Å². The maximum atomic E-state index is 10.4. The van der Waals surface area contributed by atoms with Crippen molar-refractivity contribution in [1.82, 2.24) is 0 Å². The number of hydrogen-bond donors (Lipinski definition) is 1. The van der Waals surface area contributed by atoms with E-state index in [-0.39, 0.29) is 5.92 Å². The average molecular weight is 324 g/mol.